The molecule has 3 heteroatoms. The SMILES string of the molecule is CCc1ccc2nc(-c3cccc(C)c3Br)[nH]c2c1. The van der Waals surface area contributed by atoms with Crippen molar-refractivity contribution in [2.75, 3.05) is 0 Å². The van der Waals surface area contributed by atoms with Crippen LogP contribution in [0.25, 0.3) is 22.4 Å². The van der Waals surface area contributed by atoms with E-state index in [1.165, 1.54) is 11.1 Å². The number of aryl methyl sites for hydroxylation is 2. The van der Waals surface area contributed by atoms with Crippen LogP contribution in [0.2, 0.25) is 0 Å². The van der Waals surface area contributed by atoms with Crippen LogP contribution in [-0.2, 0) is 6.42 Å². The number of nitrogens with one attached hydrogen (secondary N) is 1. The molecular weight excluding hydrogens is 300 g/mol. The molecule has 0 radical (unpaired) electrons. The number of hydrogen-bond acceptors (Lipinski definition) is 1. The number of H-pyrrole nitrogens is 1. The van der Waals surface area contributed by atoms with E-state index in [1.54, 1.807) is 0 Å². The summed E-state index contributed by atoms with van der Waals surface area (Å²) in [6.07, 6.45) is 1.04. The maximum absolute atomic E-state index is 4.67. The summed E-state index contributed by atoms with van der Waals surface area (Å²) in [5.74, 6) is 0.916. The highest BCUT2D eigenvalue weighted by Gasteiger charge is 2.10. The van der Waals surface area contributed by atoms with Gasteiger partial charge in [0, 0.05) is 10.0 Å². The average molecular weight is 315 g/mol. The fourth-order valence-electron chi connectivity index (χ4n) is 2.23. The van der Waals surface area contributed by atoms with Gasteiger partial charge in [-0.15, -0.1) is 0 Å². The summed E-state index contributed by atoms with van der Waals surface area (Å²) in [5, 5.41) is 0. The van der Waals surface area contributed by atoms with E-state index >= 15 is 0 Å². The van der Waals surface area contributed by atoms with E-state index < -0.39 is 0 Å². The molecule has 0 saturated carbocycles. The maximum Gasteiger partial charge on any atom is 0.139 e. The standard InChI is InChI=1S/C16H15BrN2/c1-3-11-7-8-13-14(9-11)19-16(18-13)12-6-4-5-10(2)15(12)17/h4-9H,3H2,1-2H3,(H,18,19). The monoisotopic (exact) mass is 314 g/mol. The molecule has 0 aliphatic carbocycles. The smallest absolute Gasteiger partial charge is 0.139 e. The topological polar surface area (TPSA) is 28.7 Å². The van der Waals surface area contributed by atoms with Gasteiger partial charge in [0.15, 0.2) is 0 Å². The van der Waals surface area contributed by atoms with E-state index in [0.29, 0.717) is 0 Å². The third-order valence-corrected chi connectivity index (χ3v) is 4.45. The van der Waals surface area contributed by atoms with Crippen LogP contribution in [-0.4, -0.2) is 9.97 Å². The zero-order valence-corrected chi connectivity index (χ0v) is 12.6. The van der Waals surface area contributed by atoms with E-state index in [0.717, 1.165) is 33.3 Å². The minimum absolute atomic E-state index is 0.916. The Morgan fingerprint density at radius 2 is 2.05 bits per heavy atom. The highest BCUT2D eigenvalue weighted by Crippen LogP contribution is 2.30. The molecular formula is C16H15BrN2. The van der Waals surface area contributed by atoms with Gasteiger partial charge in [-0.2, -0.15) is 0 Å². The van der Waals surface area contributed by atoms with Crippen molar-refractivity contribution in [3.63, 3.8) is 0 Å². The lowest BCUT2D eigenvalue weighted by Crippen LogP contribution is -1.84. The molecule has 96 valence electrons. The average Bonchev–Trinajstić information content (AvgIpc) is 2.84. The van der Waals surface area contributed by atoms with Gasteiger partial charge in [0.25, 0.3) is 0 Å². The maximum atomic E-state index is 4.67. The number of halogens is 1. The molecule has 2 aromatic carbocycles. The predicted octanol–water partition coefficient (Wildman–Crippen LogP) is 4.86. The Morgan fingerprint density at radius 3 is 2.84 bits per heavy atom. The van der Waals surface area contributed by atoms with Crippen molar-refractivity contribution in [3.05, 3.63) is 52.0 Å². The lowest BCUT2D eigenvalue weighted by atomic mass is 10.1. The molecule has 3 rings (SSSR count). The minimum atomic E-state index is 0.916. The van der Waals surface area contributed by atoms with Crippen LogP contribution in [0, 0.1) is 6.92 Å². The number of benzene rings is 2. The second-order valence-corrected chi connectivity index (χ2v) is 5.52. The van der Waals surface area contributed by atoms with Crippen LogP contribution in [0.3, 0.4) is 0 Å². The van der Waals surface area contributed by atoms with E-state index in [4.69, 9.17) is 0 Å². The van der Waals surface area contributed by atoms with Crippen LogP contribution in [0.1, 0.15) is 18.1 Å². The zero-order chi connectivity index (χ0) is 13.4. The van der Waals surface area contributed by atoms with Crippen molar-refractivity contribution in [1.82, 2.24) is 9.97 Å². The summed E-state index contributed by atoms with van der Waals surface area (Å²) in [6.45, 7) is 4.25. The van der Waals surface area contributed by atoms with Crippen molar-refractivity contribution < 1.29 is 0 Å². The van der Waals surface area contributed by atoms with Gasteiger partial charge in [-0.05, 0) is 52.5 Å². The first-order valence-corrected chi connectivity index (χ1v) is 7.22. The van der Waals surface area contributed by atoms with Gasteiger partial charge >= 0.3 is 0 Å². The largest absolute Gasteiger partial charge is 0.338 e. The van der Waals surface area contributed by atoms with Crippen molar-refractivity contribution in [2.24, 2.45) is 0 Å². The molecule has 1 aromatic heterocycles. The minimum Gasteiger partial charge on any atom is -0.338 e. The third-order valence-electron chi connectivity index (χ3n) is 3.40. The molecule has 0 bridgehead atoms. The molecule has 19 heavy (non-hydrogen) atoms. The number of aromatic nitrogens is 2. The normalized spacial score (nSPS) is 11.1. The van der Waals surface area contributed by atoms with Crippen molar-refractivity contribution >= 4 is 27.0 Å². The molecule has 0 unspecified atom stereocenters. The van der Waals surface area contributed by atoms with Crippen molar-refractivity contribution in [1.29, 1.82) is 0 Å². The lowest BCUT2D eigenvalue weighted by Gasteiger charge is -2.03. The molecule has 0 aliphatic rings. The van der Waals surface area contributed by atoms with Crippen LogP contribution in [0.5, 0.6) is 0 Å². The third kappa shape index (κ3) is 2.19. The van der Waals surface area contributed by atoms with E-state index in [2.05, 4.69) is 76.1 Å². The number of fused-ring (bicyclic) bond motifs is 1. The van der Waals surface area contributed by atoms with Crippen LogP contribution < -0.4 is 0 Å². The fourth-order valence-corrected chi connectivity index (χ4v) is 2.69. The van der Waals surface area contributed by atoms with E-state index in [9.17, 15) is 0 Å². The second kappa shape index (κ2) is 4.82. The number of imidazole rings is 1. The van der Waals surface area contributed by atoms with Gasteiger partial charge in [-0.25, -0.2) is 4.98 Å². The highest BCUT2D eigenvalue weighted by atomic mass is 79.9. The van der Waals surface area contributed by atoms with Gasteiger partial charge in [0.2, 0.25) is 0 Å². The Balaban J connectivity index is 2.18. The Bertz CT molecular complexity index is 744. The van der Waals surface area contributed by atoms with Gasteiger partial charge in [-0.1, -0.05) is 31.2 Å². The van der Waals surface area contributed by atoms with Gasteiger partial charge in [0.1, 0.15) is 5.82 Å². The zero-order valence-electron chi connectivity index (χ0n) is 11.0. The first-order chi connectivity index (χ1) is 9.19. The van der Waals surface area contributed by atoms with Crippen molar-refractivity contribution in [3.8, 4) is 11.4 Å². The molecule has 0 spiro atoms. The Hall–Kier alpha value is -1.61. The van der Waals surface area contributed by atoms with Gasteiger partial charge < -0.3 is 4.98 Å². The van der Waals surface area contributed by atoms with Crippen LogP contribution in [0.4, 0.5) is 0 Å². The number of aromatic amines is 1. The van der Waals surface area contributed by atoms with E-state index in [-0.39, 0.29) is 0 Å². The Morgan fingerprint density at radius 1 is 1.21 bits per heavy atom. The summed E-state index contributed by atoms with van der Waals surface area (Å²) in [7, 11) is 0. The second-order valence-electron chi connectivity index (χ2n) is 4.73. The number of nitrogens with zero attached hydrogens (tertiary/aromatic N) is 1. The first kappa shape index (κ1) is 12.4. The molecule has 0 aliphatic heterocycles. The number of hydrogen-bond donors (Lipinski definition) is 1. The fraction of sp³-hybridized carbons (Fsp3) is 0.188. The molecule has 0 amide bonds. The molecule has 0 saturated heterocycles. The predicted molar refractivity (Wildman–Crippen MR) is 83.3 cm³/mol. The van der Waals surface area contributed by atoms with Crippen molar-refractivity contribution in [2.45, 2.75) is 20.3 Å². The molecule has 2 nitrogen and oxygen atoms in total. The Kier molecular flexibility index (Phi) is 3.15. The highest BCUT2D eigenvalue weighted by molar-refractivity contribution is 9.10. The molecule has 3 aromatic rings. The van der Waals surface area contributed by atoms with Crippen LogP contribution >= 0.6 is 15.9 Å². The summed E-state index contributed by atoms with van der Waals surface area (Å²) >= 11 is 3.64. The summed E-state index contributed by atoms with van der Waals surface area (Å²) in [4.78, 5) is 8.09. The Labute approximate surface area is 121 Å². The van der Waals surface area contributed by atoms with E-state index in [1.807, 2.05) is 0 Å². The molecule has 1 N–H and O–H groups in total. The summed E-state index contributed by atoms with van der Waals surface area (Å²) in [6, 6.07) is 12.6. The molecule has 0 fully saturated rings. The molecule has 0 atom stereocenters. The van der Waals surface area contributed by atoms with Crippen LogP contribution in [0.15, 0.2) is 40.9 Å². The quantitative estimate of drug-likeness (QED) is 0.718. The van der Waals surface area contributed by atoms with Gasteiger partial charge in [-0.3, -0.25) is 0 Å². The summed E-state index contributed by atoms with van der Waals surface area (Å²) < 4.78 is 1.10. The lowest BCUT2D eigenvalue weighted by molar-refractivity contribution is 1.14. The molecule has 1 heterocycles. The van der Waals surface area contributed by atoms with Gasteiger partial charge in [0.05, 0.1) is 11.0 Å². The number of rotatable bonds is 2. The summed E-state index contributed by atoms with van der Waals surface area (Å²) in [5.41, 5.74) is 5.76. The first-order valence-electron chi connectivity index (χ1n) is 6.43.